The summed E-state index contributed by atoms with van der Waals surface area (Å²) < 4.78 is 2.27. The molecule has 1 aliphatic rings. The Hall–Kier alpha value is -1.31. The normalized spacial score (nSPS) is 17.7. The molecule has 17 heavy (non-hydrogen) atoms. The molecule has 2 nitrogen and oxygen atoms in total. The minimum Gasteiger partial charge on any atom is -0.304 e. The van der Waals surface area contributed by atoms with Gasteiger partial charge in [0.2, 0.25) is 0 Å². The molecule has 0 aliphatic heterocycles. The van der Waals surface area contributed by atoms with Crippen LogP contribution in [0.2, 0.25) is 0 Å². The van der Waals surface area contributed by atoms with Gasteiger partial charge in [-0.15, -0.1) is 0 Å². The van der Waals surface area contributed by atoms with Crippen molar-refractivity contribution in [3.63, 3.8) is 0 Å². The zero-order valence-electron chi connectivity index (χ0n) is 10.5. The first-order valence-electron chi connectivity index (χ1n) is 6.77. The molecule has 0 amide bonds. The van der Waals surface area contributed by atoms with E-state index in [4.69, 9.17) is 0 Å². The summed E-state index contributed by atoms with van der Waals surface area (Å²) in [6.07, 6.45) is 10.4. The van der Waals surface area contributed by atoms with E-state index in [-0.39, 0.29) is 0 Å². The quantitative estimate of drug-likeness (QED) is 0.765. The van der Waals surface area contributed by atoms with Gasteiger partial charge in [-0.2, -0.15) is 0 Å². The average Bonchev–Trinajstić information content (AvgIpc) is 2.68. The fourth-order valence-electron chi connectivity index (χ4n) is 3.07. The second-order valence-electron chi connectivity index (χ2n) is 5.28. The van der Waals surface area contributed by atoms with Crippen molar-refractivity contribution in [1.29, 1.82) is 0 Å². The van der Waals surface area contributed by atoms with Gasteiger partial charge in [0.05, 0.1) is 5.69 Å². The molecule has 0 spiro atoms. The minimum absolute atomic E-state index is 0.877. The second kappa shape index (κ2) is 4.52. The molecule has 0 aromatic carbocycles. The van der Waals surface area contributed by atoms with Crippen LogP contribution < -0.4 is 0 Å². The Morgan fingerprint density at radius 1 is 1.24 bits per heavy atom. The molecule has 0 atom stereocenters. The molecule has 2 aromatic heterocycles. The number of hydrogen-bond donors (Lipinski definition) is 0. The number of aryl methyl sites for hydroxylation is 1. The van der Waals surface area contributed by atoms with Crippen molar-refractivity contribution >= 4 is 5.65 Å². The summed E-state index contributed by atoms with van der Waals surface area (Å²) in [5, 5.41) is 0. The van der Waals surface area contributed by atoms with E-state index in [1.807, 2.05) is 0 Å². The van der Waals surface area contributed by atoms with Crippen molar-refractivity contribution in [2.24, 2.45) is 5.92 Å². The molecule has 0 unspecified atom stereocenters. The highest BCUT2D eigenvalue weighted by molar-refractivity contribution is 5.42. The highest BCUT2D eigenvalue weighted by Crippen LogP contribution is 2.28. The molecule has 1 saturated carbocycles. The van der Waals surface area contributed by atoms with E-state index in [0.717, 1.165) is 11.6 Å². The van der Waals surface area contributed by atoms with Gasteiger partial charge in [-0.3, -0.25) is 0 Å². The van der Waals surface area contributed by atoms with E-state index in [1.165, 1.54) is 49.9 Å². The molecule has 2 heteroatoms. The molecule has 0 radical (unpaired) electrons. The van der Waals surface area contributed by atoms with E-state index in [0.29, 0.717) is 0 Å². The minimum atomic E-state index is 0.877. The highest BCUT2D eigenvalue weighted by Gasteiger charge is 2.17. The van der Waals surface area contributed by atoms with Gasteiger partial charge < -0.3 is 4.40 Å². The summed E-state index contributed by atoms with van der Waals surface area (Å²) in [5.41, 5.74) is 3.73. The van der Waals surface area contributed by atoms with E-state index in [9.17, 15) is 0 Å². The average molecular weight is 228 g/mol. The number of rotatable bonds is 2. The largest absolute Gasteiger partial charge is 0.304 e. The van der Waals surface area contributed by atoms with Gasteiger partial charge in [-0.05, 0) is 31.4 Å². The SMILES string of the molecule is Cc1nc2ccccn2c1CC1CCCCC1. The molecule has 2 aromatic rings. The van der Waals surface area contributed by atoms with Crippen LogP contribution in [-0.4, -0.2) is 9.38 Å². The van der Waals surface area contributed by atoms with Crippen molar-refractivity contribution in [2.75, 3.05) is 0 Å². The molecule has 0 bridgehead atoms. The predicted molar refractivity (Wildman–Crippen MR) is 70.2 cm³/mol. The van der Waals surface area contributed by atoms with Crippen LogP contribution in [-0.2, 0) is 6.42 Å². The van der Waals surface area contributed by atoms with Gasteiger partial charge in [-0.25, -0.2) is 4.98 Å². The molecular formula is C15H20N2. The van der Waals surface area contributed by atoms with Crippen LogP contribution in [0.5, 0.6) is 0 Å². The lowest BCUT2D eigenvalue weighted by Gasteiger charge is -2.21. The third-order valence-electron chi connectivity index (χ3n) is 4.04. The number of hydrogen-bond acceptors (Lipinski definition) is 1. The van der Waals surface area contributed by atoms with Crippen molar-refractivity contribution in [3.05, 3.63) is 35.8 Å². The molecule has 3 rings (SSSR count). The summed E-state index contributed by atoms with van der Waals surface area (Å²) in [6.45, 7) is 2.14. The fraction of sp³-hybridized carbons (Fsp3) is 0.533. The first kappa shape index (κ1) is 10.8. The Balaban J connectivity index is 1.90. The maximum absolute atomic E-state index is 4.64. The molecule has 0 N–H and O–H groups in total. The third-order valence-corrected chi connectivity index (χ3v) is 4.04. The number of nitrogens with zero attached hydrogens (tertiary/aromatic N) is 2. The Morgan fingerprint density at radius 2 is 2.06 bits per heavy atom. The molecule has 2 heterocycles. The van der Waals surface area contributed by atoms with Crippen molar-refractivity contribution in [2.45, 2.75) is 45.4 Å². The van der Waals surface area contributed by atoms with Gasteiger partial charge in [0.15, 0.2) is 0 Å². The summed E-state index contributed by atoms with van der Waals surface area (Å²) >= 11 is 0. The van der Waals surface area contributed by atoms with Crippen LogP contribution in [0.25, 0.3) is 5.65 Å². The summed E-state index contributed by atoms with van der Waals surface area (Å²) in [5.74, 6) is 0.877. The predicted octanol–water partition coefficient (Wildman–Crippen LogP) is 3.77. The van der Waals surface area contributed by atoms with Crippen molar-refractivity contribution in [3.8, 4) is 0 Å². The van der Waals surface area contributed by atoms with E-state index in [2.05, 4.69) is 40.7 Å². The van der Waals surface area contributed by atoms with Gasteiger partial charge in [-0.1, -0.05) is 38.2 Å². The molecule has 0 saturated heterocycles. The van der Waals surface area contributed by atoms with E-state index >= 15 is 0 Å². The van der Waals surface area contributed by atoms with E-state index < -0.39 is 0 Å². The van der Waals surface area contributed by atoms with Crippen LogP contribution in [0.1, 0.15) is 43.5 Å². The Morgan fingerprint density at radius 3 is 2.88 bits per heavy atom. The maximum Gasteiger partial charge on any atom is 0.137 e. The van der Waals surface area contributed by atoms with Crippen LogP contribution in [0.3, 0.4) is 0 Å². The maximum atomic E-state index is 4.64. The number of fused-ring (bicyclic) bond motifs is 1. The third kappa shape index (κ3) is 2.08. The topological polar surface area (TPSA) is 17.3 Å². The van der Waals surface area contributed by atoms with Crippen LogP contribution in [0, 0.1) is 12.8 Å². The molecular weight excluding hydrogens is 208 g/mol. The van der Waals surface area contributed by atoms with Crippen LogP contribution in [0.15, 0.2) is 24.4 Å². The summed E-state index contributed by atoms with van der Waals surface area (Å²) in [4.78, 5) is 4.64. The smallest absolute Gasteiger partial charge is 0.137 e. The summed E-state index contributed by atoms with van der Waals surface area (Å²) in [6, 6.07) is 6.25. The molecule has 90 valence electrons. The van der Waals surface area contributed by atoms with Gasteiger partial charge in [0.25, 0.3) is 0 Å². The first-order chi connectivity index (χ1) is 8.34. The van der Waals surface area contributed by atoms with E-state index in [1.54, 1.807) is 0 Å². The van der Waals surface area contributed by atoms with Crippen molar-refractivity contribution in [1.82, 2.24) is 9.38 Å². The molecule has 1 fully saturated rings. The zero-order valence-corrected chi connectivity index (χ0v) is 10.5. The van der Waals surface area contributed by atoms with Crippen molar-refractivity contribution < 1.29 is 0 Å². The number of pyridine rings is 1. The first-order valence-corrected chi connectivity index (χ1v) is 6.77. The Kier molecular flexibility index (Phi) is 2.87. The standard InChI is InChI=1S/C15H20N2/c1-12-14(11-13-7-3-2-4-8-13)17-10-6-5-9-15(17)16-12/h5-6,9-10,13H,2-4,7-8,11H2,1H3. The lowest BCUT2D eigenvalue weighted by molar-refractivity contribution is 0.353. The van der Waals surface area contributed by atoms with Gasteiger partial charge in [0.1, 0.15) is 5.65 Å². The second-order valence-corrected chi connectivity index (χ2v) is 5.28. The molecule has 1 aliphatic carbocycles. The number of aromatic nitrogens is 2. The van der Waals surface area contributed by atoms with Gasteiger partial charge >= 0.3 is 0 Å². The fourth-order valence-corrected chi connectivity index (χ4v) is 3.07. The zero-order chi connectivity index (χ0) is 11.7. The summed E-state index contributed by atoms with van der Waals surface area (Å²) in [7, 11) is 0. The highest BCUT2D eigenvalue weighted by atomic mass is 15.0. The number of imidazole rings is 1. The lowest BCUT2D eigenvalue weighted by Crippen LogP contribution is -2.11. The lowest BCUT2D eigenvalue weighted by atomic mass is 9.86. The van der Waals surface area contributed by atoms with Crippen LogP contribution >= 0.6 is 0 Å². The Bertz CT molecular complexity index is 507. The monoisotopic (exact) mass is 228 g/mol. The Labute approximate surface area is 103 Å². The van der Waals surface area contributed by atoms with Crippen LogP contribution in [0.4, 0.5) is 0 Å². The van der Waals surface area contributed by atoms with Gasteiger partial charge in [0, 0.05) is 11.9 Å².